The number of nitrogens with zero attached hydrogens (tertiary/aromatic N) is 1. The van der Waals surface area contributed by atoms with Crippen molar-refractivity contribution in [2.75, 3.05) is 6.61 Å². The lowest BCUT2D eigenvalue weighted by Gasteiger charge is -2.10. The Bertz CT molecular complexity index is 424. The van der Waals surface area contributed by atoms with Crippen molar-refractivity contribution in [3.63, 3.8) is 0 Å². The normalized spacial score (nSPS) is 10.7. The molecule has 0 N–H and O–H groups in total. The summed E-state index contributed by atoms with van der Waals surface area (Å²) in [5, 5.41) is 0. The van der Waals surface area contributed by atoms with Crippen LogP contribution in [0.4, 0.5) is 8.78 Å². The molecule has 0 fully saturated rings. The van der Waals surface area contributed by atoms with Gasteiger partial charge < -0.3 is 4.74 Å². The number of hydrogen-bond donors (Lipinski definition) is 0. The summed E-state index contributed by atoms with van der Waals surface area (Å²) < 4.78 is 30.6. The van der Waals surface area contributed by atoms with Gasteiger partial charge in [0.25, 0.3) is 6.43 Å². The summed E-state index contributed by atoms with van der Waals surface area (Å²) in [4.78, 5) is 15.4. The molecule has 1 heterocycles. The van der Waals surface area contributed by atoms with Crippen LogP contribution in [0, 0.1) is 10.5 Å². The molecule has 1 aromatic heterocycles. The average Bonchev–Trinajstić information content (AvgIpc) is 2.22. The summed E-state index contributed by atoms with van der Waals surface area (Å²) in [6, 6.07) is 1.33. The standard InChI is InChI=1S/C11H12F2INO2/c1-3-17-9(16)5-8-10(14)7(11(12)13)4-6(2)15-8/h4,11H,3,5H2,1-2H3. The number of halogens is 3. The highest BCUT2D eigenvalue weighted by Crippen LogP contribution is 2.27. The fourth-order valence-corrected chi connectivity index (χ4v) is 2.08. The number of ether oxygens (including phenoxy) is 1. The van der Waals surface area contributed by atoms with Crippen molar-refractivity contribution in [3.05, 3.63) is 26.6 Å². The first-order valence-corrected chi connectivity index (χ1v) is 6.13. The second-order valence-electron chi connectivity index (χ2n) is 3.40. The zero-order chi connectivity index (χ0) is 13.0. The molecule has 0 unspecified atom stereocenters. The minimum absolute atomic E-state index is 0.0759. The van der Waals surface area contributed by atoms with Crippen molar-refractivity contribution in [2.24, 2.45) is 0 Å². The maximum absolute atomic E-state index is 12.7. The Hall–Kier alpha value is -0.790. The molecule has 0 aromatic carbocycles. The van der Waals surface area contributed by atoms with Crippen LogP contribution in [-0.4, -0.2) is 17.6 Å². The summed E-state index contributed by atoms with van der Waals surface area (Å²) in [7, 11) is 0. The maximum Gasteiger partial charge on any atom is 0.311 e. The number of esters is 1. The minimum Gasteiger partial charge on any atom is -0.466 e. The van der Waals surface area contributed by atoms with E-state index in [-0.39, 0.29) is 18.6 Å². The molecule has 6 heteroatoms. The monoisotopic (exact) mass is 355 g/mol. The predicted octanol–water partition coefficient (Wildman–Crippen LogP) is 3.04. The van der Waals surface area contributed by atoms with Crippen LogP contribution in [0.2, 0.25) is 0 Å². The van der Waals surface area contributed by atoms with Crippen LogP contribution in [0.1, 0.15) is 30.3 Å². The van der Waals surface area contributed by atoms with Gasteiger partial charge in [-0.05, 0) is 42.5 Å². The van der Waals surface area contributed by atoms with Crippen LogP contribution in [0.5, 0.6) is 0 Å². The Morgan fingerprint density at radius 3 is 2.76 bits per heavy atom. The van der Waals surface area contributed by atoms with E-state index in [0.29, 0.717) is 15.0 Å². The second kappa shape index (κ2) is 6.23. The van der Waals surface area contributed by atoms with E-state index in [1.165, 1.54) is 6.07 Å². The Balaban J connectivity index is 3.03. The fourth-order valence-electron chi connectivity index (χ4n) is 1.37. The van der Waals surface area contributed by atoms with E-state index in [0.717, 1.165) is 0 Å². The van der Waals surface area contributed by atoms with Crippen LogP contribution in [0.25, 0.3) is 0 Å². The quantitative estimate of drug-likeness (QED) is 0.616. The topological polar surface area (TPSA) is 39.2 Å². The summed E-state index contributed by atoms with van der Waals surface area (Å²) in [6.07, 6.45) is -2.64. The van der Waals surface area contributed by atoms with Gasteiger partial charge in [-0.2, -0.15) is 0 Å². The number of hydrogen-bond acceptors (Lipinski definition) is 3. The van der Waals surface area contributed by atoms with E-state index in [4.69, 9.17) is 4.74 Å². The first-order chi connectivity index (χ1) is 7.95. The van der Waals surface area contributed by atoms with Crippen molar-refractivity contribution in [3.8, 4) is 0 Å². The third-order valence-electron chi connectivity index (χ3n) is 2.03. The molecule has 94 valence electrons. The largest absolute Gasteiger partial charge is 0.466 e. The van der Waals surface area contributed by atoms with Gasteiger partial charge in [-0.25, -0.2) is 8.78 Å². The molecule has 0 saturated heterocycles. The summed E-state index contributed by atoms with van der Waals surface area (Å²) >= 11 is 1.78. The van der Waals surface area contributed by atoms with Gasteiger partial charge in [0.2, 0.25) is 0 Å². The maximum atomic E-state index is 12.7. The number of aryl methyl sites for hydroxylation is 1. The van der Waals surface area contributed by atoms with Gasteiger partial charge >= 0.3 is 5.97 Å². The van der Waals surface area contributed by atoms with Gasteiger partial charge in [0.05, 0.1) is 18.7 Å². The molecule has 0 spiro atoms. The zero-order valence-electron chi connectivity index (χ0n) is 9.47. The van der Waals surface area contributed by atoms with Crippen molar-refractivity contribution in [1.29, 1.82) is 0 Å². The highest BCUT2D eigenvalue weighted by molar-refractivity contribution is 14.1. The molecule has 0 saturated carbocycles. The number of carbonyl (C=O) groups is 1. The molecule has 0 amide bonds. The van der Waals surface area contributed by atoms with Crippen molar-refractivity contribution < 1.29 is 18.3 Å². The Labute approximate surface area is 112 Å². The van der Waals surface area contributed by atoms with E-state index in [1.807, 2.05) is 0 Å². The van der Waals surface area contributed by atoms with Gasteiger partial charge in [-0.1, -0.05) is 0 Å². The van der Waals surface area contributed by atoms with Crippen LogP contribution < -0.4 is 0 Å². The molecule has 3 nitrogen and oxygen atoms in total. The lowest BCUT2D eigenvalue weighted by atomic mass is 10.1. The molecule has 17 heavy (non-hydrogen) atoms. The molecule has 0 bridgehead atoms. The lowest BCUT2D eigenvalue weighted by Crippen LogP contribution is -2.12. The smallest absolute Gasteiger partial charge is 0.311 e. The molecule has 1 rings (SSSR count). The van der Waals surface area contributed by atoms with Crippen LogP contribution in [-0.2, 0) is 16.0 Å². The number of carbonyl (C=O) groups excluding carboxylic acids is 1. The molecule has 0 aliphatic rings. The van der Waals surface area contributed by atoms with Gasteiger partial charge in [0, 0.05) is 14.8 Å². The molecule has 0 radical (unpaired) electrons. The number of pyridine rings is 1. The van der Waals surface area contributed by atoms with Gasteiger partial charge in [0.15, 0.2) is 0 Å². The third kappa shape index (κ3) is 3.86. The van der Waals surface area contributed by atoms with E-state index in [2.05, 4.69) is 4.98 Å². The van der Waals surface area contributed by atoms with E-state index in [1.54, 1.807) is 36.4 Å². The van der Waals surface area contributed by atoms with Gasteiger partial charge in [-0.3, -0.25) is 9.78 Å². The molecule has 1 aromatic rings. The molecular weight excluding hydrogens is 343 g/mol. The first-order valence-electron chi connectivity index (χ1n) is 5.05. The van der Waals surface area contributed by atoms with Gasteiger partial charge in [0.1, 0.15) is 0 Å². The fraction of sp³-hybridized carbons (Fsp3) is 0.455. The highest BCUT2D eigenvalue weighted by atomic mass is 127. The number of aromatic nitrogens is 1. The summed E-state index contributed by atoms with van der Waals surface area (Å²) in [6.45, 7) is 3.58. The summed E-state index contributed by atoms with van der Waals surface area (Å²) in [5.74, 6) is -0.455. The Morgan fingerprint density at radius 2 is 2.24 bits per heavy atom. The average molecular weight is 355 g/mol. The second-order valence-corrected chi connectivity index (χ2v) is 4.47. The minimum atomic E-state index is -2.57. The predicted molar refractivity (Wildman–Crippen MR) is 67.0 cm³/mol. The van der Waals surface area contributed by atoms with E-state index in [9.17, 15) is 13.6 Å². The molecule has 0 aliphatic heterocycles. The third-order valence-corrected chi connectivity index (χ3v) is 3.28. The number of rotatable bonds is 4. The Morgan fingerprint density at radius 1 is 1.59 bits per heavy atom. The zero-order valence-corrected chi connectivity index (χ0v) is 11.6. The lowest BCUT2D eigenvalue weighted by molar-refractivity contribution is -0.142. The van der Waals surface area contributed by atoms with Crippen LogP contribution in [0.15, 0.2) is 6.07 Å². The van der Waals surface area contributed by atoms with Gasteiger partial charge in [-0.15, -0.1) is 0 Å². The van der Waals surface area contributed by atoms with Crippen molar-refractivity contribution in [2.45, 2.75) is 26.7 Å². The molecule has 0 aliphatic carbocycles. The van der Waals surface area contributed by atoms with E-state index < -0.39 is 12.4 Å². The van der Waals surface area contributed by atoms with Crippen molar-refractivity contribution in [1.82, 2.24) is 4.98 Å². The molecular formula is C11H12F2INO2. The van der Waals surface area contributed by atoms with Crippen molar-refractivity contribution >= 4 is 28.6 Å². The summed E-state index contributed by atoms with van der Waals surface area (Å²) in [5.41, 5.74) is 0.733. The van der Waals surface area contributed by atoms with Crippen LogP contribution in [0.3, 0.4) is 0 Å². The Kier molecular flexibility index (Phi) is 5.23. The van der Waals surface area contributed by atoms with E-state index >= 15 is 0 Å². The van der Waals surface area contributed by atoms with Crippen LogP contribution >= 0.6 is 22.6 Å². The SMILES string of the molecule is CCOC(=O)Cc1nc(C)cc(C(F)F)c1I. The number of alkyl halides is 2. The molecule has 0 atom stereocenters. The first kappa shape index (κ1) is 14.3. The highest BCUT2D eigenvalue weighted by Gasteiger charge is 2.18.